The van der Waals surface area contributed by atoms with Crippen LogP contribution in [0.2, 0.25) is 0 Å². The molecule has 0 unspecified atom stereocenters. The van der Waals surface area contributed by atoms with Gasteiger partial charge in [0.05, 0.1) is 14.2 Å². The molecule has 0 aliphatic heterocycles. The summed E-state index contributed by atoms with van der Waals surface area (Å²) in [7, 11) is -1.41. The number of ether oxygens (including phenoxy) is 2. The van der Waals surface area contributed by atoms with Crippen molar-refractivity contribution in [1.82, 2.24) is 0 Å². The fourth-order valence-electron chi connectivity index (χ4n) is 1.06. The molecule has 0 radical (unpaired) electrons. The smallest absolute Gasteiger partial charge is 0.378 e. The van der Waals surface area contributed by atoms with Crippen molar-refractivity contribution in [2.24, 2.45) is 4.40 Å². The monoisotopic (exact) mass is 245 g/mol. The maximum Gasteiger partial charge on any atom is 0.378 e. The molecule has 0 heterocycles. The van der Waals surface area contributed by atoms with Crippen molar-refractivity contribution >= 4 is 16.5 Å². The molecule has 0 saturated heterocycles. The minimum atomic E-state index is -4.36. The Kier molecular flexibility index (Phi) is 3.86. The van der Waals surface area contributed by atoms with Gasteiger partial charge in [-0.2, -0.15) is 8.42 Å². The summed E-state index contributed by atoms with van der Waals surface area (Å²) < 4.78 is 42.2. The highest BCUT2D eigenvalue weighted by atomic mass is 32.2. The third-order valence-electron chi connectivity index (χ3n) is 1.74. The molecule has 0 fully saturated rings. The number of benzene rings is 1. The van der Waals surface area contributed by atoms with E-state index < -0.39 is 10.3 Å². The lowest BCUT2D eigenvalue weighted by Gasteiger charge is -2.07. The van der Waals surface area contributed by atoms with E-state index in [1.807, 2.05) is 0 Å². The minimum Gasteiger partial charge on any atom is -0.493 e. The first-order chi connectivity index (χ1) is 7.46. The van der Waals surface area contributed by atoms with Gasteiger partial charge in [-0.1, -0.05) is 0 Å². The van der Waals surface area contributed by atoms with E-state index >= 15 is 0 Å². The summed E-state index contributed by atoms with van der Waals surface area (Å²) >= 11 is 0. The molecule has 7 heteroatoms. The highest BCUT2D eigenvalue weighted by Gasteiger charge is 2.04. The van der Waals surface area contributed by atoms with Crippen LogP contribution in [-0.2, 0) is 10.3 Å². The van der Waals surface area contributed by atoms with Gasteiger partial charge in [0.1, 0.15) is 0 Å². The quantitative estimate of drug-likeness (QED) is 0.630. The van der Waals surface area contributed by atoms with E-state index in [1.165, 1.54) is 20.3 Å². The summed E-state index contributed by atoms with van der Waals surface area (Å²) in [5.41, 5.74) is 0.468. The normalized spacial score (nSPS) is 11.7. The molecule has 0 saturated carbocycles. The summed E-state index contributed by atoms with van der Waals surface area (Å²) in [6, 6.07) is 4.72. The Hall–Kier alpha value is -1.60. The van der Waals surface area contributed by atoms with Crippen LogP contribution in [0.4, 0.5) is 0 Å². The van der Waals surface area contributed by atoms with Crippen molar-refractivity contribution < 1.29 is 22.4 Å². The molecule has 88 valence electrons. The van der Waals surface area contributed by atoms with Crippen molar-refractivity contribution in [1.29, 1.82) is 0 Å². The largest absolute Gasteiger partial charge is 0.493 e. The minimum absolute atomic E-state index is 0.446. The molecule has 0 aromatic heterocycles. The molecule has 1 aromatic carbocycles. The third kappa shape index (κ3) is 3.52. The van der Waals surface area contributed by atoms with Gasteiger partial charge < -0.3 is 9.47 Å². The standard InChI is InChI=1S/C9H11NO5S/c1-14-8-4-3-7(5-9(8)15-2)6-10-16(11,12)13/h3-6H,1-2H3,(H,11,12,13). The highest BCUT2D eigenvalue weighted by molar-refractivity contribution is 7.84. The van der Waals surface area contributed by atoms with Gasteiger partial charge >= 0.3 is 10.3 Å². The Morgan fingerprint density at radius 3 is 2.38 bits per heavy atom. The third-order valence-corrected chi connectivity index (χ3v) is 2.11. The summed E-state index contributed by atoms with van der Waals surface area (Å²) in [5.74, 6) is 0.966. The Labute approximate surface area is 93.4 Å². The molecule has 0 atom stereocenters. The van der Waals surface area contributed by atoms with Gasteiger partial charge in [0.25, 0.3) is 0 Å². The van der Waals surface area contributed by atoms with Gasteiger partial charge in [0.2, 0.25) is 0 Å². The number of nitrogens with zero attached hydrogens (tertiary/aromatic N) is 1. The lowest BCUT2D eigenvalue weighted by atomic mass is 10.2. The number of methoxy groups -OCH3 is 2. The predicted octanol–water partition coefficient (Wildman–Crippen LogP) is 0.925. The van der Waals surface area contributed by atoms with Crippen LogP contribution >= 0.6 is 0 Å². The van der Waals surface area contributed by atoms with E-state index in [2.05, 4.69) is 4.40 Å². The fraction of sp³-hybridized carbons (Fsp3) is 0.222. The molecule has 1 rings (SSSR count). The number of hydrogen-bond acceptors (Lipinski definition) is 4. The summed E-state index contributed by atoms with van der Waals surface area (Å²) in [6.07, 6.45) is 1.01. The maximum absolute atomic E-state index is 10.4. The van der Waals surface area contributed by atoms with Gasteiger partial charge in [-0.05, 0) is 23.8 Å². The second kappa shape index (κ2) is 4.95. The van der Waals surface area contributed by atoms with Crippen LogP contribution in [0.3, 0.4) is 0 Å². The van der Waals surface area contributed by atoms with Gasteiger partial charge in [-0.3, -0.25) is 4.55 Å². The Balaban J connectivity index is 3.05. The van der Waals surface area contributed by atoms with E-state index in [-0.39, 0.29) is 0 Å². The zero-order chi connectivity index (χ0) is 12.2. The molecule has 0 bridgehead atoms. The molecule has 1 aromatic rings. The van der Waals surface area contributed by atoms with Crippen LogP contribution in [0.1, 0.15) is 5.56 Å². The number of rotatable bonds is 4. The topological polar surface area (TPSA) is 85.2 Å². The second-order valence-electron chi connectivity index (χ2n) is 2.80. The van der Waals surface area contributed by atoms with Gasteiger partial charge in [-0.15, -0.1) is 4.40 Å². The van der Waals surface area contributed by atoms with Gasteiger partial charge in [-0.25, -0.2) is 0 Å². The fourth-order valence-corrected chi connectivity index (χ4v) is 1.32. The summed E-state index contributed by atoms with van der Waals surface area (Å²) in [4.78, 5) is 0. The molecule has 16 heavy (non-hydrogen) atoms. The lowest BCUT2D eigenvalue weighted by molar-refractivity contribution is 0.355. The Morgan fingerprint density at radius 2 is 1.88 bits per heavy atom. The van der Waals surface area contributed by atoms with Crippen molar-refractivity contribution in [3.63, 3.8) is 0 Å². The van der Waals surface area contributed by atoms with Gasteiger partial charge in [0.15, 0.2) is 11.5 Å². The molecule has 0 spiro atoms. The van der Waals surface area contributed by atoms with E-state index in [0.717, 1.165) is 6.21 Å². The van der Waals surface area contributed by atoms with E-state index in [1.54, 1.807) is 12.1 Å². The van der Waals surface area contributed by atoms with Crippen LogP contribution in [-0.4, -0.2) is 33.4 Å². The Bertz CT molecular complexity index is 495. The lowest BCUT2D eigenvalue weighted by Crippen LogP contribution is -1.94. The molecule has 0 amide bonds. The Morgan fingerprint density at radius 1 is 1.25 bits per heavy atom. The van der Waals surface area contributed by atoms with Crippen LogP contribution in [0, 0.1) is 0 Å². The van der Waals surface area contributed by atoms with Gasteiger partial charge in [0, 0.05) is 6.21 Å². The zero-order valence-electron chi connectivity index (χ0n) is 8.75. The van der Waals surface area contributed by atoms with E-state index in [0.29, 0.717) is 17.1 Å². The molecular weight excluding hydrogens is 234 g/mol. The SMILES string of the molecule is COc1ccc(C=NS(=O)(=O)O)cc1OC. The van der Waals surface area contributed by atoms with Crippen LogP contribution < -0.4 is 9.47 Å². The molecule has 0 aliphatic carbocycles. The van der Waals surface area contributed by atoms with Crippen molar-refractivity contribution in [2.75, 3.05) is 14.2 Å². The maximum atomic E-state index is 10.4. The first-order valence-corrected chi connectivity index (χ1v) is 5.61. The average molecular weight is 245 g/mol. The van der Waals surface area contributed by atoms with Crippen molar-refractivity contribution in [3.8, 4) is 11.5 Å². The van der Waals surface area contributed by atoms with E-state index in [9.17, 15) is 8.42 Å². The number of hydrogen-bond donors (Lipinski definition) is 1. The molecule has 1 N–H and O–H groups in total. The highest BCUT2D eigenvalue weighted by Crippen LogP contribution is 2.26. The molecule has 0 aliphatic rings. The summed E-state index contributed by atoms with van der Waals surface area (Å²) in [5, 5.41) is 0. The van der Waals surface area contributed by atoms with Crippen LogP contribution in [0.15, 0.2) is 22.6 Å². The predicted molar refractivity (Wildman–Crippen MR) is 58.7 cm³/mol. The van der Waals surface area contributed by atoms with E-state index in [4.69, 9.17) is 14.0 Å². The van der Waals surface area contributed by atoms with Crippen molar-refractivity contribution in [2.45, 2.75) is 0 Å². The second-order valence-corrected chi connectivity index (χ2v) is 3.90. The first-order valence-electron chi connectivity index (χ1n) is 4.21. The molecular formula is C9H11NO5S. The van der Waals surface area contributed by atoms with Crippen molar-refractivity contribution in [3.05, 3.63) is 23.8 Å². The van der Waals surface area contributed by atoms with Crippen LogP contribution in [0.25, 0.3) is 0 Å². The summed E-state index contributed by atoms with van der Waals surface area (Å²) in [6.45, 7) is 0. The molecule has 6 nitrogen and oxygen atoms in total. The zero-order valence-corrected chi connectivity index (χ0v) is 9.56. The van der Waals surface area contributed by atoms with Crippen LogP contribution in [0.5, 0.6) is 11.5 Å². The average Bonchev–Trinajstić information content (AvgIpc) is 2.25. The first kappa shape index (κ1) is 12.5.